The Labute approximate surface area is 111 Å². The number of hydrogen-bond donors (Lipinski definition) is 1. The van der Waals surface area contributed by atoms with E-state index in [-0.39, 0.29) is 0 Å². The summed E-state index contributed by atoms with van der Waals surface area (Å²) in [7, 11) is 0. The highest BCUT2D eigenvalue weighted by atomic mass is 14.9. The Morgan fingerprint density at radius 3 is 2.28 bits per heavy atom. The molecule has 0 saturated heterocycles. The highest BCUT2D eigenvalue weighted by molar-refractivity contribution is 5.47. The third kappa shape index (κ3) is 3.77. The first kappa shape index (κ1) is 14.6. The molecular formula is C16H24N2. The summed E-state index contributed by atoms with van der Waals surface area (Å²) in [5.41, 5.74) is 1.80. The molecule has 0 aliphatic heterocycles. The minimum Gasteiger partial charge on any atom is -0.382 e. The molecule has 1 aromatic rings. The van der Waals surface area contributed by atoms with Crippen LogP contribution in [0, 0.1) is 11.3 Å². The zero-order valence-corrected chi connectivity index (χ0v) is 12.0. The number of nitrogens with zero attached hydrogens (tertiary/aromatic N) is 1. The van der Waals surface area contributed by atoms with Crippen molar-refractivity contribution in [2.75, 3.05) is 5.32 Å². The summed E-state index contributed by atoms with van der Waals surface area (Å²) >= 11 is 0. The largest absolute Gasteiger partial charge is 0.382 e. The molecule has 0 radical (unpaired) electrons. The van der Waals surface area contributed by atoms with Crippen LogP contribution in [-0.4, -0.2) is 6.04 Å². The quantitative estimate of drug-likeness (QED) is 0.801. The molecule has 0 fully saturated rings. The number of nitrogens with one attached hydrogen (secondary N) is 1. The lowest BCUT2D eigenvalue weighted by Gasteiger charge is -2.19. The Hall–Kier alpha value is -1.49. The lowest BCUT2D eigenvalue weighted by molar-refractivity contribution is 0.622. The van der Waals surface area contributed by atoms with Crippen LogP contribution in [0.2, 0.25) is 0 Å². The average molecular weight is 244 g/mol. The van der Waals surface area contributed by atoms with Crippen molar-refractivity contribution in [2.24, 2.45) is 0 Å². The zero-order chi connectivity index (χ0) is 13.6. The van der Waals surface area contributed by atoms with E-state index in [0.29, 0.717) is 6.04 Å². The summed E-state index contributed by atoms with van der Waals surface area (Å²) in [4.78, 5) is 0. The summed E-state index contributed by atoms with van der Waals surface area (Å²) in [6, 6.07) is 11.1. The van der Waals surface area contributed by atoms with Crippen LogP contribution >= 0.6 is 0 Å². The van der Waals surface area contributed by atoms with E-state index in [1.807, 2.05) is 26.0 Å². The van der Waals surface area contributed by atoms with Gasteiger partial charge in [-0.25, -0.2) is 0 Å². The van der Waals surface area contributed by atoms with E-state index in [0.717, 1.165) is 17.7 Å². The maximum Gasteiger partial charge on any atom is 0.0766 e. The molecule has 0 bridgehead atoms. The van der Waals surface area contributed by atoms with E-state index in [1.165, 1.54) is 12.8 Å². The van der Waals surface area contributed by atoms with Gasteiger partial charge in [0.25, 0.3) is 0 Å². The van der Waals surface area contributed by atoms with Crippen LogP contribution in [0.3, 0.4) is 0 Å². The molecular weight excluding hydrogens is 220 g/mol. The van der Waals surface area contributed by atoms with Crippen molar-refractivity contribution in [2.45, 2.75) is 58.4 Å². The monoisotopic (exact) mass is 244 g/mol. The molecule has 1 N–H and O–H groups in total. The summed E-state index contributed by atoms with van der Waals surface area (Å²) in [6.45, 7) is 8.31. The molecule has 2 nitrogen and oxygen atoms in total. The fraction of sp³-hybridized carbons (Fsp3) is 0.562. The van der Waals surface area contributed by atoms with Crippen molar-refractivity contribution in [3.05, 3.63) is 29.8 Å². The molecule has 0 amide bonds. The van der Waals surface area contributed by atoms with Crippen LogP contribution in [0.1, 0.15) is 52.5 Å². The smallest absolute Gasteiger partial charge is 0.0766 e. The van der Waals surface area contributed by atoms with E-state index in [4.69, 9.17) is 5.26 Å². The standard InChI is InChI=1S/C16H24N2/c1-5-7-14(6-2)18-15-10-8-13(9-11-15)16(3,4)12-17/h8-11,14,18H,5-7H2,1-4H3. The molecule has 1 aromatic carbocycles. The molecule has 0 spiro atoms. The molecule has 18 heavy (non-hydrogen) atoms. The molecule has 0 saturated carbocycles. The minimum atomic E-state index is -0.411. The Morgan fingerprint density at radius 2 is 1.83 bits per heavy atom. The van der Waals surface area contributed by atoms with Crippen molar-refractivity contribution >= 4 is 5.69 Å². The Morgan fingerprint density at radius 1 is 1.22 bits per heavy atom. The molecule has 0 aromatic heterocycles. The predicted octanol–water partition coefficient (Wildman–Crippen LogP) is 4.48. The van der Waals surface area contributed by atoms with Gasteiger partial charge in [0.15, 0.2) is 0 Å². The SMILES string of the molecule is CCCC(CC)Nc1ccc(C(C)(C)C#N)cc1. The molecule has 1 atom stereocenters. The van der Waals surface area contributed by atoms with Crippen LogP contribution < -0.4 is 5.32 Å². The summed E-state index contributed by atoms with van der Waals surface area (Å²) in [5.74, 6) is 0. The number of benzene rings is 1. The summed E-state index contributed by atoms with van der Waals surface area (Å²) < 4.78 is 0. The average Bonchev–Trinajstić information content (AvgIpc) is 2.39. The van der Waals surface area contributed by atoms with Gasteiger partial charge in [-0.15, -0.1) is 0 Å². The molecule has 2 heteroatoms. The molecule has 98 valence electrons. The van der Waals surface area contributed by atoms with Crippen LogP contribution in [0.5, 0.6) is 0 Å². The second-order valence-corrected chi connectivity index (χ2v) is 5.35. The van der Waals surface area contributed by atoms with E-state index in [2.05, 4.69) is 37.4 Å². The van der Waals surface area contributed by atoms with E-state index >= 15 is 0 Å². The maximum absolute atomic E-state index is 9.10. The van der Waals surface area contributed by atoms with Gasteiger partial charge >= 0.3 is 0 Å². The fourth-order valence-electron chi connectivity index (χ4n) is 2.01. The number of hydrogen-bond acceptors (Lipinski definition) is 2. The normalized spacial score (nSPS) is 12.8. The van der Waals surface area contributed by atoms with Gasteiger partial charge in [0, 0.05) is 11.7 Å². The van der Waals surface area contributed by atoms with Gasteiger partial charge in [0.2, 0.25) is 0 Å². The first-order valence-corrected chi connectivity index (χ1v) is 6.81. The Bertz CT molecular complexity index is 398. The van der Waals surface area contributed by atoms with Crippen molar-refractivity contribution < 1.29 is 0 Å². The zero-order valence-electron chi connectivity index (χ0n) is 12.0. The van der Waals surface area contributed by atoms with Crippen LogP contribution in [0.25, 0.3) is 0 Å². The van der Waals surface area contributed by atoms with Crippen molar-refractivity contribution in [3.8, 4) is 6.07 Å². The summed E-state index contributed by atoms with van der Waals surface area (Å²) in [5, 5.41) is 12.6. The van der Waals surface area contributed by atoms with Gasteiger partial charge in [0.1, 0.15) is 0 Å². The Balaban J connectivity index is 2.75. The third-order valence-electron chi connectivity index (χ3n) is 3.39. The van der Waals surface area contributed by atoms with Crippen LogP contribution in [0.15, 0.2) is 24.3 Å². The van der Waals surface area contributed by atoms with Crippen LogP contribution in [-0.2, 0) is 5.41 Å². The molecule has 0 aliphatic carbocycles. The van der Waals surface area contributed by atoms with E-state index in [9.17, 15) is 0 Å². The second kappa shape index (κ2) is 6.44. The van der Waals surface area contributed by atoms with Gasteiger partial charge in [-0.1, -0.05) is 32.4 Å². The van der Waals surface area contributed by atoms with Crippen molar-refractivity contribution in [1.82, 2.24) is 0 Å². The highest BCUT2D eigenvalue weighted by Gasteiger charge is 2.19. The van der Waals surface area contributed by atoms with Gasteiger partial charge < -0.3 is 5.32 Å². The fourth-order valence-corrected chi connectivity index (χ4v) is 2.01. The Kier molecular flexibility index (Phi) is 5.22. The maximum atomic E-state index is 9.10. The van der Waals surface area contributed by atoms with E-state index in [1.54, 1.807) is 0 Å². The van der Waals surface area contributed by atoms with Gasteiger partial charge in [-0.3, -0.25) is 0 Å². The van der Waals surface area contributed by atoms with Gasteiger partial charge in [0.05, 0.1) is 11.5 Å². The van der Waals surface area contributed by atoms with E-state index < -0.39 is 5.41 Å². The molecule has 0 heterocycles. The lowest BCUT2D eigenvalue weighted by Crippen LogP contribution is -2.18. The van der Waals surface area contributed by atoms with Crippen molar-refractivity contribution in [1.29, 1.82) is 5.26 Å². The third-order valence-corrected chi connectivity index (χ3v) is 3.39. The first-order valence-electron chi connectivity index (χ1n) is 6.81. The van der Waals surface area contributed by atoms with Gasteiger partial charge in [-0.05, 0) is 44.4 Å². The molecule has 1 rings (SSSR count). The summed E-state index contributed by atoms with van der Waals surface area (Å²) in [6.07, 6.45) is 3.53. The topological polar surface area (TPSA) is 35.8 Å². The first-order chi connectivity index (χ1) is 8.53. The molecule has 1 unspecified atom stereocenters. The highest BCUT2D eigenvalue weighted by Crippen LogP contribution is 2.24. The number of rotatable bonds is 6. The lowest BCUT2D eigenvalue weighted by atomic mass is 9.86. The van der Waals surface area contributed by atoms with Crippen LogP contribution in [0.4, 0.5) is 5.69 Å². The number of nitriles is 1. The predicted molar refractivity (Wildman–Crippen MR) is 77.7 cm³/mol. The minimum absolute atomic E-state index is 0.411. The van der Waals surface area contributed by atoms with Crippen molar-refractivity contribution in [3.63, 3.8) is 0 Å². The number of anilines is 1. The second-order valence-electron chi connectivity index (χ2n) is 5.35. The molecule has 0 aliphatic rings. The van der Waals surface area contributed by atoms with Gasteiger partial charge in [-0.2, -0.15) is 5.26 Å².